The number of morpholine rings is 1. The van der Waals surface area contributed by atoms with Gasteiger partial charge in [-0.3, -0.25) is 4.90 Å². The van der Waals surface area contributed by atoms with Crippen molar-refractivity contribution in [2.24, 2.45) is 5.92 Å². The zero-order chi connectivity index (χ0) is 17.1. The number of nitrogens with zero attached hydrogens (tertiary/aromatic N) is 2. The number of hydrogen-bond donors (Lipinski definition) is 1. The third-order valence-corrected chi connectivity index (χ3v) is 5.44. The SMILES string of the molecule is Cc1cc(NC[C@H]([C@H]2CCOC2)N2CCOCC2)nc2ccccc12. The van der Waals surface area contributed by atoms with Crippen LogP contribution in [0, 0.1) is 12.8 Å². The Balaban J connectivity index is 1.50. The summed E-state index contributed by atoms with van der Waals surface area (Å²) in [5, 5.41) is 4.83. The Hall–Kier alpha value is -1.69. The van der Waals surface area contributed by atoms with Gasteiger partial charge >= 0.3 is 0 Å². The fraction of sp³-hybridized carbons (Fsp3) is 0.550. The molecule has 2 atom stereocenters. The third-order valence-electron chi connectivity index (χ3n) is 5.44. The maximum absolute atomic E-state index is 5.66. The Morgan fingerprint density at radius 3 is 2.84 bits per heavy atom. The van der Waals surface area contributed by atoms with Gasteiger partial charge in [-0.1, -0.05) is 18.2 Å². The number of anilines is 1. The van der Waals surface area contributed by atoms with Crippen LogP contribution in [-0.4, -0.2) is 62.0 Å². The van der Waals surface area contributed by atoms with Crippen LogP contribution < -0.4 is 5.32 Å². The van der Waals surface area contributed by atoms with E-state index < -0.39 is 0 Å². The van der Waals surface area contributed by atoms with Crippen molar-refractivity contribution in [2.75, 3.05) is 51.4 Å². The van der Waals surface area contributed by atoms with Gasteiger partial charge in [0.1, 0.15) is 5.82 Å². The van der Waals surface area contributed by atoms with Crippen molar-refractivity contribution in [1.82, 2.24) is 9.88 Å². The van der Waals surface area contributed by atoms with Crippen molar-refractivity contribution < 1.29 is 9.47 Å². The second kappa shape index (κ2) is 7.68. The van der Waals surface area contributed by atoms with E-state index in [9.17, 15) is 0 Å². The molecule has 0 unspecified atom stereocenters. The molecule has 0 aliphatic carbocycles. The van der Waals surface area contributed by atoms with Gasteiger partial charge in [0.2, 0.25) is 0 Å². The number of fused-ring (bicyclic) bond motifs is 1. The Kier molecular flexibility index (Phi) is 5.15. The van der Waals surface area contributed by atoms with Crippen molar-refractivity contribution in [3.8, 4) is 0 Å². The van der Waals surface area contributed by atoms with Crippen molar-refractivity contribution in [1.29, 1.82) is 0 Å². The minimum absolute atomic E-state index is 0.472. The number of hydrogen-bond acceptors (Lipinski definition) is 5. The molecule has 0 amide bonds. The third kappa shape index (κ3) is 3.78. The first-order chi connectivity index (χ1) is 12.3. The maximum atomic E-state index is 5.66. The Labute approximate surface area is 149 Å². The van der Waals surface area contributed by atoms with E-state index in [1.807, 2.05) is 6.07 Å². The molecule has 2 aromatic rings. The number of nitrogens with one attached hydrogen (secondary N) is 1. The molecule has 134 valence electrons. The molecule has 5 heteroatoms. The maximum Gasteiger partial charge on any atom is 0.126 e. The van der Waals surface area contributed by atoms with Gasteiger partial charge in [-0.2, -0.15) is 0 Å². The van der Waals surface area contributed by atoms with E-state index >= 15 is 0 Å². The standard InChI is InChI=1S/C20H27N3O2/c1-15-12-20(22-18-5-3-2-4-17(15)18)21-13-19(16-6-9-25-14-16)23-7-10-24-11-8-23/h2-5,12,16,19H,6-11,13-14H2,1H3,(H,21,22)/t16-,19+/m0/s1. The molecule has 25 heavy (non-hydrogen) atoms. The van der Waals surface area contributed by atoms with Gasteiger partial charge in [-0.05, 0) is 31.0 Å². The lowest BCUT2D eigenvalue weighted by Gasteiger charge is -2.37. The molecule has 0 saturated carbocycles. The quantitative estimate of drug-likeness (QED) is 0.906. The van der Waals surface area contributed by atoms with Crippen molar-refractivity contribution in [2.45, 2.75) is 19.4 Å². The van der Waals surface area contributed by atoms with Crippen LogP contribution in [-0.2, 0) is 9.47 Å². The van der Waals surface area contributed by atoms with E-state index in [4.69, 9.17) is 14.5 Å². The zero-order valence-corrected chi connectivity index (χ0v) is 14.9. The minimum atomic E-state index is 0.472. The highest BCUT2D eigenvalue weighted by atomic mass is 16.5. The van der Waals surface area contributed by atoms with E-state index in [1.54, 1.807) is 0 Å². The van der Waals surface area contributed by atoms with Crippen molar-refractivity contribution >= 4 is 16.7 Å². The van der Waals surface area contributed by atoms with Crippen LogP contribution in [0.15, 0.2) is 30.3 Å². The predicted octanol–water partition coefficient (Wildman–Crippen LogP) is 2.69. The first kappa shape index (κ1) is 16.8. The van der Waals surface area contributed by atoms with Gasteiger partial charge in [0.15, 0.2) is 0 Å². The van der Waals surface area contributed by atoms with E-state index in [-0.39, 0.29) is 0 Å². The Morgan fingerprint density at radius 1 is 1.20 bits per heavy atom. The highest BCUT2D eigenvalue weighted by Gasteiger charge is 2.31. The number of para-hydroxylation sites is 1. The molecule has 5 nitrogen and oxygen atoms in total. The number of aryl methyl sites for hydroxylation is 1. The lowest BCUT2D eigenvalue weighted by molar-refractivity contribution is 0.00460. The molecule has 2 aliphatic rings. The molecule has 1 aromatic heterocycles. The monoisotopic (exact) mass is 341 g/mol. The highest BCUT2D eigenvalue weighted by molar-refractivity contribution is 5.83. The number of ether oxygens (including phenoxy) is 2. The molecule has 1 aromatic carbocycles. The molecule has 1 N–H and O–H groups in total. The molecular formula is C20H27N3O2. The van der Waals surface area contributed by atoms with Gasteiger partial charge in [0, 0.05) is 43.6 Å². The smallest absolute Gasteiger partial charge is 0.126 e. The van der Waals surface area contributed by atoms with Gasteiger partial charge in [0.05, 0.1) is 25.3 Å². The van der Waals surface area contributed by atoms with Crippen molar-refractivity contribution in [3.05, 3.63) is 35.9 Å². The number of pyridine rings is 1. The molecule has 0 bridgehead atoms. The first-order valence-corrected chi connectivity index (χ1v) is 9.31. The fourth-order valence-electron chi connectivity index (χ4n) is 4.01. The molecule has 3 heterocycles. The summed E-state index contributed by atoms with van der Waals surface area (Å²) in [5.41, 5.74) is 2.32. The zero-order valence-electron chi connectivity index (χ0n) is 14.9. The summed E-state index contributed by atoms with van der Waals surface area (Å²) < 4.78 is 11.2. The summed E-state index contributed by atoms with van der Waals surface area (Å²) in [6.45, 7) is 8.49. The number of aromatic nitrogens is 1. The lowest BCUT2D eigenvalue weighted by Crippen LogP contribution is -2.50. The van der Waals surface area contributed by atoms with Crippen LogP contribution in [0.4, 0.5) is 5.82 Å². The van der Waals surface area contributed by atoms with Crippen LogP contribution in [0.3, 0.4) is 0 Å². The van der Waals surface area contributed by atoms with Gasteiger partial charge in [-0.15, -0.1) is 0 Å². The molecule has 2 saturated heterocycles. The topological polar surface area (TPSA) is 46.6 Å². The van der Waals surface area contributed by atoms with Crippen LogP contribution >= 0.6 is 0 Å². The Bertz CT molecular complexity index is 709. The number of rotatable bonds is 5. The highest BCUT2D eigenvalue weighted by Crippen LogP contribution is 2.24. The van der Waals surface area contributed by atoms with Crippen molar-refractivity contribution in [3.63, 3.8) is 0 Å². The summed E-state index contributed by atoms with van der Waals surface area (Å²) in [6.07, 6.45) is 1.15. The van der Waals surface area contributed by atoms with Gasteiger partial charge in [-0.25, -0.2) is 4.98 Å². The summed E-state index contributed by atoms with van der Waals surface area (Å²) in [5.74, 6) is 1.56. The lowest BCUT2D eigenvalue weighted by atomic mass is 9.97. The van der Waals surface area contributed by atoms with Gasteiger partial charge in [0.25, 0.3) is 0 Å². The first-order valence-electron chi connectivity index (χ1n) is 9.31. The summed E-state index contributed by atoms with van der Waals surface area (Å²) in [6, 6.07) is 11.0. The average molecular weight is 341 g/mol. The predicted molar refractivity (Wildman–Crippen MR) is 100 cm³/mol. The molecule has 2 aliphatic heterocycles. The molecule has 4 rings (SSSR count). The summed E-state index contributed by atoms with van der Waals surface area (Å²) in [4.78, 5) is 7.35. The average Bonchev–Trinajstić information content (AvgIpc) is 3.17. The summed E-state index contributed by atoms with van der Waals surface area (Å²) >= 11 is 0. The van der Waals surface area contributed by atoms with E-state index in [1.165, 1.54) is 10.9 Å². The van der Waals surface area contributed by atoms with Gasteiger partial charge < -0.3 is 14.8 Å². The minimum Gasteiger partial charge on any atom is -0.381 e. The molecule has 0 radical (unpaired) electrons. The second-order valence-corrected chi connectivity index (χ2v) is 7.06. The largest absolute Gasteiger partial charge is 0.381 e. The normalized spacial score (nSPS) is 23.0. The van der Waals surface area contributed by atoms with E-state index in [2.05, 4.69) is 41.4 Å². The van der Waals surface area contributed by atoms with Crippen LogP contribution in [0.5, 0.6) is 0 Å². The fourth-order valence-corrected chi connectivity index (χ4v) is 4.01. The van der Waals surface area contributed by atoms with E-state index in [0.717, 1.165) is 63.8 Å². The molecule has 2 fully saturated rings. The van der Waals surface area contributed by atoms with Crippen LogP contribution in [0.2, 0.25) is 0 Å². The second-order valence-electron chi connectivity index (χ2n) is 7.06. The number of benzene rings is 1. The Morgan fingerprint density at radius 2 is 2.04 bits per heavy atom. The van der Waals surface area contributed by atoms with E-state index in [0.29, 0.717) is 12.0 Å². The molecular weight excluding hydrogens is 314 g/mol. The van der Waals surface area contributed by atoms with Crippen LogP contribution in [0.1, 0.15) is 12.0 Å². The summed E-state index contributed by atoms with van der Waals surface area (Å²) in [7, 11) is 0. The van der Waals surface area contributed by atoms with Crippen LogP contribution in [0.25, 0.3) is 10.9 Å². The molecule has 0 spiro atoms.